The molecule has 7 nitrogen and oxygen atoms in total. The van der Waals surface area contributed by atoms with Crippen molar-refractivity contribution in [3.63, 3.8) is 0 Å². The fourth-order valence-corrected chi connectivity index (χ4v) is 4.10. The number of carbonyl (C=O) groups excluding carboxylic acids is 1. The lowest BCUT2D eigenvalue weighted by atomic mass is 9.95. The average Bonchev–Trinajstić information content (AvgIpc) is 2.79. The van der Waals surface area contributed by atoms with E-state index in [0.717, 1.165) is 56.1 Å². The third-order valence-corrected chi connectivity index (χ3v) is 5.75. The standard InChI is InChI=1S/C21H28N6O/c28-21(24-14-17-4-8-22-9-5-17)18-6-12-26(13-7-18)19-15-23-16-25-20(19)27-10-2-1-3-11-27/h4-5,8-9,15-16,18H,1-3,6-7,10-14H2,(H,24,28). The van der Waals surface area contributed by atoms with Gasteiger partial charge in [0.15, 0.2) is 5.82 Å². The van der Waals surface area contributed by atoms with Crippen LogP contribution in [0.15, 0.2) is 37.1 Å². The van der Waals surface area contributed by atoms with Crippen molar-refractivity contribution in [3.05, 3.63) is 42.6 Å². The van der Waals surface area contributed by atoms with E-state index in [2.05, 4.69) is 30.1 Å². The van der Waals surface area contributed by atoms with Crippen molar-refractivity contribution in [2.75, 3.05) is 36.0 Å². The summed E-state index contributed by atoms with van der Waals surface area (Å²) in [4.78, 5) is 30.1. The summed E-state index contributed by atoms with van der Waals surface area (Å²) in [6.45, 7) is 4.42. The van der Waals surface area contributed by atoms with Gasteiger partial charge in [-0.1, -0.05) is 0 Å². The highest BCUT2D eigenvalue weighted by Crippen LogP contribution is 2.31. The lowest BCUT2D eigenvalue weighted by Crippen LogP contribution is -2.41. The van der Waals surface area contributed by atoms with Crippen molar-refractivity contribution in [3.8, 4) is 0 Å². The van der Waals surface area contributed by atoms with Crippen molar-refractivity contribution in [2.24, 2.45) is 5.92 Å². The fourth-order valence-electron chi connectivity index (χ4n) is 4.10. The van der Waals surface area contributed by atoms with E-state index in [-0.39, 0.29) is 11.8 Å². The van der Waals surface area contributed by atoms with Crippen molar-refractivity contribution in [1.82, 2.24) is 20.3 Å². The molecule has 0 spiro atoms. The minimum absolute atomic E-state index is 0.0705. The van der Waals surface area contributed by atoms with Gasteiger partial charge in [-0.15, -0.1) is 0 Å². The van der Waals surface area contributed by atoms with Gasteiger partial charge in [0.1, 0.15) is 6.33 Å². The summed E-state index contributed by atoms with van der Waals surface area (Å²) >= 11 is 0. The Morgan fingerprint density at radius 3 is 2.50 bits per heavy atom. The number of rotatable bonds is 5. The van der Waals surface area contributed by atoms with Crippen molar-refractivity contribution in [2.45, 2.75) is 38.6 Å². The fraction of sp³-hybridized carbons (Fsp3) is 0.524. The number of anilines is 2. The summed E-state index contributed by atoms with van der Waals surface area (Å²) in [6.07, 6.45) is 12.5. The zero-order valence-electron chi connectivity index (χ0n) is 16.3. The Morgan fingerprint density at radius 2 is 1.75 bits per heavy atom. The van der Waals surface area contributed by atoms with Gasteiger partial charge >= 0.3 is 0 Å². The molecular weight excluding hydrogens is 352 g/mol. The van der Waals surface area contributed by atoms with E-state index in [0.29, 0.717) is 6.54 Å². The second-order valence-corrected chi connectivity index (χ2v) is 7.61. The van der Waals surface area contributed by atoms with Crippen LogP contribution >= 0.6 is 0 Å². The molecular formula is C21H28N6O. The van der Waals surface area contributed by atoms with Crippen LogP contribution < -0.4 is 15.1 Å². The first-order chi connectivity index (χ1) is 13.8. The number of nitrogens with one attached hydrogen (secondary N) is 1. The predicted molar refractivity (Wildman–Crippen MR) is 109 cm³/mol. The second kappa shape index (κ2) is 8.99. The molecule has 1 N–H and O–H groups in total. The Kier molecular flexibility index (Phi) is 5.99. The molecule has 0 saturated carbocycles. The molecule has 0 atom stereocenters. The van der Waals surface area contributed by atoms with Crippen molar-refractivity contribution >= 4 is 17.4 Å². The van der Waals surface area contributed by atoms with Crippen molar-refractivity contribution < 1.29 is 4.79 Å². The van der Waals surface area contributed by atoms with E-state index < -0.39 is 0 Å². The van der Waals surface area contributed by atoms with E-state index in [1.54, 1.807) is 18.7 Å². The average molecular weight is 380 g/mol. The van der Waals surface area contributed by atoms with E-state index in [1.165, 1.54) is 19.3 Å². The number of hydrogen-bond donors (Lipinski definition) is 1. The van der Waals surface area contributed by atoms with Crippen LogP contribution in [-0.2, 0) is 11.3 Å². The third kappa shape index (κ3) is 4.40. The maximum absolute atomic E-state index is 12.6. The van der Waals surface area contributed by atoms with Crippen LogP contribution in [0.25, 0.3) is 0 Å². The van der Waals surface area contributed by atoms with Crippen LogP contribution in [-0.4, -0.2) is 47.0 Å². The number of pyridine rings is 1. The SMILES string of the molecule is O=C(NCc1ccncc1)C1CCN(c2cncnc2N2CCCCC2)CC1. The topological polar surface area (TPSA) is 74.2 Å². The number of carbonyl (C=O) groups is 1. The molecule has 148 valence electrons. The van der Waals surface area contributed by atoms with Crippen LogP contribution in [0.3, 0.4) is 0 Å². The molecule has 0 aromatic carbocycles. The van der Waals surface area contributed by atoms with Gasteiger partial charge < -0.3 is 15.1 Å². The molecule has 2 aliphatic heterocycles. The summed E-state index contributed by atoms with van der Waals surface area (Å²) in [5.41, 5.74) is 2.19. The molecule has 28 heavy (non-hydrogen) atoms. The zero-order chi connectivity index (χ0) is 19.2. The van der Waals surface area contributed by atoms with Gasteiger partial charge in [0.2, 0.25) is 5.91 Å². The Balaban J connectivity index is 1.33. The normalized spacial score (nSPS) is 18.1. The molecule has 1 amide bonds. The molecule has 0 radical (unpaired) electrons. The first-order valence-electron chi connectivity index (χ1n) is 10.3. The van der Waals surface area contributed by atoms with Gasteiger partial charge in [-0.3, -0.25) is 9.78 Å². The Labute approximate surface area is 166 Å². The second-order valence-electron chi connectivity index (χ2n) is 7.61. The molecule has 4 heterocycles. The smallest absolute Gasteiger partial charge is 0.223 e. The summed E-state index contributed by atoms with van der Waals surface area (Å²) in [5.74, 6) is 1.27. The molecule has 0 aliphatic carbocycles. The van der Waals surface area contributed by atoms with Gasteiger partial charge in [0.25, 0.3) is 0 Å². The molecule has 4 rings (SSSR count). The van der Waals surface area contributed by atoms with Crippen LogP contribution in [0.2, 0.25) is 0 Å². The Hall–Kier alpha value is -2.70. The maximum Gasteiger partial charge on any atom is 0.223 e. The molecule has 2 aromatic heterocycles. The highest BCUT2D eigenvalue weighted by molar-refractivity contribution is 5.79. The Morgan fingerprint density at radius 1 is 1.00 bits per heavy atom. The monoisotopic (exact) mass is 380 g/mol. The molecule has 2 aliphatic rings. The highest BCUT2D eigenvalue weighted by atomic mass is 16.1. The lowest BCUT2D eigenvalue weighted by molar-refractivity contribution is -0.125. The lowest BCUT2D eigenvalue weighted by Gasteiger charge is -2.36. The summed E-state index contributed by atoms with van der Waals surface area (Å²) < 4.78 is 0. The molecule has 0 bridgehead atoms. The van der Waals surface area contributed by atoms with Gasteiger partial charge in [-0.2, -0.15) is 0 Å². The maximum atomic E-state index is 12.6. The van der Waals surface area contributed by atoms with Gasteiger partial charge in [-0.05, 0) is 49.8 Å². The highest BCUT2D eigenvalue weighted by Gasteiger charge is 2.27. The van der Waals surface area contributed by atoms with Crippen LogP contribution in [0.4, 0.5) is 11.5 Å². The number of piperidine rings is 2. The van der Waals surface area contributed by atoms with Gasteiger partial charge in [0, 0.05) is 51.0 Å². The number of hydrogen-bond acceptors (Lipinski definition) is 6. The molecule has 0 unspecified atom stereocenters. The van der Waals surface area contributed by atoms with Gasteiger partial charge in [-0.25, -0.2) is 9.97 Å². The van der Waals surface area contributed by atoms with Crippen LogP contribution in [0.1, 0.15) is 37.7 Å². The number of nitrogens with zero attached hydrogens (tertiary/aromatic N) is 5. The number of aromatic nitrogens is 3. The summed E-state index contributed by atoms with van der Waals surface area (Å²) in [5, 5.41) is 3.07. The Bertz CT molecular complexity index is 769. The molecule has 7 heteroatoms. The van der Waals surface area contributed by atoms with E-state index in [9.17, 15) is 4.79 Å². The van der Waals surface area contributed by atoms with Crippen LogP contribution in [0, 0.1) is 5.92 Å². The van der Waals surface area contributed by atoms with Gasteiger partial charge in [0.05, 0.1) is 11.9 Å². The van der Waals surface area contributed by atoms with E-state index >= 15 is 0 Å². The van der Waals surface area contributed by atoms with E-state index in [1.807, 2.05) is 18.3 Å². The molecule has 2 fully saturated rings. The quantitative estimate of drug-likeness (QED) is 0.859. The molecule has 2 aromatic rings. The first kappa shape index (κ1) is 18.7. The zero-order valence-corrected chi connectivity index (χ0v) is 16.3. The summed E-state index contributed by atoms with van der Waals surface area (Å²) in [7, 11) is 0. The number of amides is 1. The first-order valence-corrected chi connectivity index (χ1v) is 10.3. The minimum Gasteiger partial charge on any atom is -0.367 e. The van der Waals surface area contributed by atoms with Crippen LogP contribution in [0.5, 0.6) is 0 Å². The van der Waals surface area contributed by atoms with E-state index in [4.69, 9.17) is 0 Å². The summed E-state index contributed by atoms with van der Waals surface area (Å²) in [6, 6.07) is 3.86. The molecule has 2 saturated heterocycles. The predicted octanol–water partition coefficient (Wildman–Crippen LogP) is 2.39. The van der Waals surface area contributed by atoms with Crippen molar-refractivity contribution in [1.29, 1.82) is 0 Å². The largest absolute Gasteiger partial charge is 0.367 e. The third-order valence-electron chi connectivity index (χ3n) is 5.75. The minimum atomic E-state index is 0.0705.